The molecule has 0 spiro atoms. The van der Waals surface area contributed by atoms with Gasteiger partial charge in [0.25, 0.3) is 5.91 Å². The van der Waals surface area contributed by atoms with E-state index in [0.29, 0.717) is 12.3 Å². The molecule has 0 aliphatic heterocycles. The predicted octanol–water partition coefficient (Wildman–Crippen LogP) is 2.30. The maximum absolute atomic E-state index is 12.3. The fraction of sp³-hybridized carbons (Fsp3) is 0.533. The van der Waals surface area contributed by atoms with E-state index in [4.69, 9.17) is 4.42 Å². The molecule has 21 heavy (non-hydrogen) atoms. The van der Waals surface area contributed by atoms with Gasteiger partial charge in [-0.15, -0.1) is 0 Å². The van der Waals surface area contributed by atoms with Crippen LogP contribution >= 0.6 is 0 Å². The fourth-order valence-electron chi connectivity index (χ4n) is 2.02. The Balaban J connectivity index is 2.05. The van der Waals surface area contributed by atoms with Crippen molar-refractivity contribution in [3.05, 3.63) is 35.8 Å². The Hall–Kier alpha value is -2.11. The molecule has 6 heteroatoms. The number of aromatic nitrogens is 3. The Morgan fingerprint density at radius 1 is 1.48 bits per heavy atom. The summed E-state index contributed by atoms with van der Waals surface area (Å²) >= 11 is 0. The quantitative estimate of drug-likeness (QED) is 0.937. The minimum Gasteiger partial charge on any atom is -0.455 e. The molecule has 0 fully saturated rings. The molecule has 2 heterocycles. The Morgan fingerprint density at radius 3 is 2.71 bits per heavy atom. The summed E-state index contributed by atoms with van der Waals surface area (Å²) in [4.78, 5) is 16.2. The molecule has 1 amide bonds. The van der Waals surface area contributed by atoms with Crippen LogP contribution in [0.15, 0.2) is 23.1 Å². The van der Waals surface area contributed by atoms with Crippen molar-refractivity contribution in [2.75, 3.05) is 0 Å². The number of hydrogen-bond acceptors (Lipinski definition) is 4. The zero-order chi connectivity index (χ0) is 15.6. The molecular weight excluding hydrogens is 268 g/mol. The van der Waals surface area contributed by atoms with Gasteiger partial charge in [0.15, 0.2) is 5.76 Å². The Morgan fingerprint density at radius 2 is 2.19 bits per heavy atom. The summed E-state index contributed by atoms with van der Waals surface area (Å²) in [5, 5.41) is 6.94. The lowest BCUT2D eigenvalue weighted by atomic mass is 9.93. The van der Waals surface area contributed by atoms with Crippen molar-refractivity contribution in [2.45, 2.75) is 52.6 Å². The van der Waals surface area contributed by atoms with Crippen LogP contribution in [-0.4, -0.2) is 26.7 Å². The van der Waals surface area contributed by atoms with Crippen LogP contribution in [0, 0.1) is 6.92 Å². The predicted molar refractivity (Wildman–Crippen MR) is 79.1 cm³/mol. The second kappa shape index (κ2) is 5.71. The van der Waals surface area contributed by atoms with E-state index in [1.54, 1.807) is 11.0 Å². The van der Waals surface area contributed by atoms with E-state index in [1.165, 1.54) is 6.33 Å². The van der Waals surface area contributed by atoms with Crippen molar-refractivity contribution in [2.24, 2.45) is 0 Å². The highest BCUT2D eigenvalue weighted by Crippen LogP contribution is 2.26. The molecule has 2 rings (SSSR count). The molecule has 2 aromatic heterocycles. The lowest BCUT2D eigenvalue weighted by Crippen LogP contribution is -2.35. The van der Waals surface area contributed by atoms with Gasteiger partial charge in [0, 0.05) is 17.0 Å². The molecule has 0 saturated carbocycles. The lowest BCUT2D eigenvalue weighted by molar-refractivity contribution is 0.0903. The highest BCUT2D eigenvalue weighted by atomic mass is 16.4. The third kappa shape index (κ3) is 3.71. The van der Waals surface area contributed by atoms with Gasteiger partial charge < -0.3 is 9.73 Å². The van der Waals surface area contributed by atoms with Crippen molar-refractivity contribution in [3.8, 4) is 0 Å². The van der Waals surface area contributed by atoms with Crippen LogP contribution in [0.1, 0.15) is 49.6 Å². The maximum atomic E-state index is 12.3. The maximum Gasteiger partial charge on any atom is 0.287 e. The number of nitrogens with one attached hydrogen (secondary N) is 1. The van der Waals surface area contributed by atoms with Crippen molar-refractivity contribution in [1.29, 1.82) is 0 Å². The number of carbonyl (C=O) groups is 1. The molecule has 1 atom stereocenters. The SMILES string of the molecule is Cc1cc(C(C)(C)C)oc1C(=O)N[C@H](C)Cn1cncn1. The molecule has 0 unspecified atom stereocenters. The van der Waals surface area contributed by atoms with Crippen molar-refractivity contribution >= 4 is 5.91 Å². The lowest BCUT2D eigenvalue weighted by Gasteiger charge is -2.15. The summed E-state index contributed by atoms with van der Waals surface area (Å²) in [5.41, 5.74) is 0.737. The first-order valence-electron chi connectivity index (χ1n) is 7.01. The Bertz CT molecular complexity index is 608. The van der Waals surface area contributed by atoms with Crippen LogP contribution in [0.25, 0.3) is 0 Å². The first kappa shape index (κ1) is 15.3. The van der Waals surface area contributed by atoms with E-state index in [9.17, 15) is 4.79 Å². The average molecular weight is 290 g/mol. The third-order valence-corrected chi connectivity index (χ3v) is 3.17. The fourth-order valence-corrected chi connectivity index (χ4v) is 2.02. The highest BCUT2D eigenvalue weighted by molar-refractivity contribution is 5.93. The first-order chi connectivity index (χ1) is 9.77. The zero-order valence-corrected chi connectivity index (χ0v) is 13.2. The highest BCUT2D eigenvalue weighted by Gasteiger charge is 2.23. The van der Waals surface area contributed by atoms with Gasteiger partial charge >= 0.3 is 0 Å². The molecule has 114 valence electrons. The molecule has 0 bridgehead atoms. The van der Waals surface area contributed by atoms with Gasteiger partial charge in [-0.25, -0.2) is 4.98 Å². The van der Waals surface area contributed by atoms with Crippen molar-refractivity contribution < 1.29 is 9.21 Å². The largest absolute Gasteiger partial charge is 0.455 e. The number of aryl methyl sites for hydroxylation is 1. The van der Waals surface area contributed by atoms with Crippen LogP contribution in [0.3, 0.4) is 0 Å². The second-order valence-corrected chi connectivity index (χ2v) is 6.36. The monoisotopic (exact) mass is 290 g/mol. The van der Waals surface area contributed by atoms with Crippen molar-refractivity contribution in [1.82, 2.24) is 20.1 Å². The summed E-state index contributed by atoms with van der Waals surface area (Å²) in [6, 6.07) is 1.86. The molecule has 0 aliphatic rings. The van der Waals surface area contributed by atoms with Gasteiger partial charge in [-0.1, -0.05) is 20.8 Å². The number of hydrogen-bond donors (Lipinski definition) is 1. The van der Waals surface area contributed by atoms with Gasteiger partial charge in [-0.2, -0.15) is 5.10 Å². The molecule has 0 aliphatic carbocycles. The van der Waals surface area contributed by atoms with E-state index in [0.717, 1.165) is 11.3 Å². The number of amides is 1. The van der Waals surface area contributed by atoms with E-state index in [2.05, 4.69) is 36.2 Å². The van der Waals surface area contributed by atoms with Gasteiger partial charge in [-0.3, -0.25) is 9.48 Å². The minimum atomic E-state index is -0.199. The summed E-state index contributed by atoms with van der Waals surface area (Å²) in [6.07, 6.45) is 3.10. The van der Waals surface area contributed by atoms with Gasteiger partial charge in [0.1, 0.15) is 18.4 Å². The third-order valence-electron chi connectivity index (χ3n) is 3.17. The zero-order valence-electron chi connectivity index (χ0n) is 13.2. The average Bonchev–Trinajstić information content (AvgIpc) is 2.97. The van der Waals surface area contributed by atoms with E-state index in [1.807, 2.05) is 19.9 Å². The minimum absolute atomic E-state index is 0.0678. The van der Waals surface area contributed by atoms with Gasteiger partial charge in [0.05, 0.1) is 6.54 Å². The van der Waals surface area contributed by atoms with Crippen LogP contribution in [0.4, 0.5) is 0 Å². The van der Waals surface area contributed by atoms with E-state index >= 15 is 0 Å². The van der Waals surface area contributed by atoms with E-state index in [-0.39, 0.29) is 17.4 Å². The van der Waals surface area contributed by atoms with Gasteiger partial charge in [-0.05, 0) is 19.9 Å². The summed E-state index contributed by atoms with van der Waals surface area (Å²) < 4.78 is 7.41. The molecule has 6 nitrogen and oxygen atoms in total. The van der Waals surface area contributed by atoms with Crippen LogP contribution < -0.4 is 5.32 Å². The number of furan rings is 1. The van der Waals surface area contributed by atoms with Gasteiger partial charge in [0.2, 0.25) is 0 Å². The topological polar surface area (TPSA) is 73.0 Å². The smallest absolute Gasteiger partial charge is 0.287 e. The molecule has 0 aromatic carbocycles. The van der Waals surface area contributed by atoms with Crippen LogP contribution in [0.2, 0.25) is 0 Å². The summed E-state index contributed by atoms with van der Waals surface area (Å²) in [7, 11) is 0. The Kier molecular flexibility index (Phi) is 4.16. The molecule has 0 radical (unpaired) electrons. The molecule has 0 saturated heterocycles. The van der Waals surface area contributed by atoms with Crippen LogP contribution in [-0.2, 0) is 12.0 Å². The van der Waals surface area contributed by atoms with Crippen LogP contribution in [0.5, 0.6) is 0 Å². The summed E-state index contributed by atoms with van der Waals surface area (Å²) in [5.74, 6) is 0.995. The summed E-state index contributed by atoms with van der Waals surface area (Å²) in [6.45, 7) is 10.5. The normalized spacial score (nSPS) is 13.2. The standard InChI is InChI=1S/C15H22N4O2/c1-10-6-12(15(3,4)5)21-13(10)14(20)18-11(2)7-19-9-16-8-17-19/h6,8-9,11H,7H2,1-5H3,(H,18,20)/t11-/m1/s1. The molecular formula is C15H22N4O2. The molecule has 2 aromatic rings. The number of rotatable bonds is 4. The second-order valence-electron chi connectivity index (χ2n) is 6.36. The van der Waals surface area contributed by atoms with Crippen molar-refractivity contribution in [3.63, 3.8) is 0 Å². The number of nitrogens with zero attached hydrogens (tertiary/aromatic N) is 3. The first-order valence-corrected chi connectivity index (χ1v) is 7.01. The molecule has 1 N–H and O–H groups in total. The van der Waals surface area contributed by atoms with E-state index < -0.39 is 0 Å². The Labute approximate surface area is 124 Å². The number of carbonyl (C=O) groups excluding carboxylic acids is 1.